The fraction of sp³-hybridized carbons (Fsp3) is 0.684. The molecule has 4 nitrogen and oxygen atoms in total. The van der Waals surface area contributed by atoms with Gasteiger partial charge in [-0.15, -0.1) is 0 Å². The van der Waals surface area contributed by atoms with Crippen molar-refractivity contribution in [1.82, 2.24) is 4.72 Å². The molecule has 5 heteroatoms. The lowest BCUT2D eigenvalue weighted by Gasteiger charge is -2.29. The number of benzene rings is 1. The molecule has 0 saturated heterocycles. The molecule has 0 aliphatic heterocycles. The molecular weight excluding hydrogens is 322 g/mol. The fourth-order valence-electron chi connectivity index (χ4n) is 3.30. The summed E-state index contributed by atoms with van der Waals surface area (Å²) in [4.78, 5) is 0.327. The second kappa shape index (κ2) is 7.44. The topological polar surface area (TPSA) is 55.4 Å². The Balaban J connectivity index is 2.33. The normalized spacial score (nSPS) is 22.4. The molecule has 1 aliphatic rings. The molecule has 0 amide bonds. The first-order chi connectivity index (χ1) is 11.1. The van der Waals surface area contributed by atoms with E-state index in [1.54, 1.807) is 18.2 Å². The Kier molecular flexibility index (Phi) is 5.97. The molecule has 24 heavy (non-hydrogen) atoms. The lowest BCUT2D eigenvalue weighted by molar-refractivity contribution is 0.310. The van der Waals surface area contributed by atoms with Crippen molar-refractivity contribution >= 4 is 10.0 Å². The van der Waals surface area contributed by atoms with Gasteiger partial charge in [-0.2, -0.15) is 0 Å². The van der Waals surface area contributed by atoms with Crippen molar-refractivity contribution < 1.29 is 13.2 Å². The van der Waals surface area contributed by atoms with E-state index in [0.29, 0.717) is 17.4 Å². The van der Waals surface area contributed by atoms with Crippen LogP contribution in [0.3, 0.4) is 0 Å². The molecule has 0 radical (unpaired) electrons. The van der Waals surface area contributed by atoms with E-state index < -0.39 is 10.0 Å². The van der Waals surface area contributed by atoms with Gasteiger partial charge in [-0.05, 0) is 49.3 Å². The van der Waals surface area contributed by atoms with Gasteiger partial charge in [0.15, 0.2) is 0 Å². The molecule has 1 aliphatic carbocycles. The minimum Gasteiger partial charge on any atom is -0.494 e. The van der Waals surface area contributed by atoms with Crippen molar-refractivity contribution in [1.29, 1.82) is 0 Å². The van der Waals surface area contributed by atoms with Crippen molar-refractivity contribution in [2.45, 2.75) is 76.7 Å². The lowest BCUT2D eigenvalue weighted by Crippen LogP contribution is -2.41. The molecule has 1 saturated carbocycles. The molecule has 2 atom stereocenters. The van der Waals surface area contributed by atoms with E-state index in [9.17, 15) is 8.42 Å². The number of rotatable bonds is 5. The molecular formula is C19H31NO3S. The zero-order chi connectivity index (χ0) is 18.0. The minimum absolute atomic E-state index is 0.0356. The second-order valence-electron chi connectivity index (χ2n) is 7.83. The summed E-state index contributed by atoms with van der Waals surface area (Å²) in [5.41, 5.74) is 0.734. The van der Waals surface area contributed by atoms with Crippen LogP contribution in [0.5, 0.6) is 5.75 Å². The molecule has 136 valence electrons. The molecule has 1 N–H and O–H groups in total. The van der Waals surface area contributed by atoms with E-state index in [1.165, 1.54) is 6.42 Å². The average Bonchev–Trinajstić information content (AvgIpc) is 2.49. The summed E-state index contributed by atoms with van der Waals surface area (Å²) in [5.74, 6) is 1.15. The van der Waals surface area contributed by atoms with Gasteiger partial charge in [-0.1, -0.05) is 40.5 Å². The SMILES string of the molecule is CCOc1ccc(S(=O)(=O)N[C@@H]2CCCC[C@H]2C)cc1C(C)(C)C. The third kappa shape index (κ3) is 4.51. The zero-order valence-corrected chi connectivity index (χ0v) is 16.4. The Labute approximate surface area is 147 Å². The van der Waals surface area contributed by atoms with E-state index in [1.807, 2.05) is 6.92 Å². The Bertz CT molecular complexity index is 662. The average molecular weight is 354 g/mol. The maximum Gasteiger partial charge on any atom is 0.240 e. The van der Waals surface area contributed by atoms with Crippen molar-refractivity contribution in [3.05, 3.63) is 23.8 Å². The lowest BCUT2D eigenvalue weighted by atomic mass is 9.86. The monoisotopic (exact) mass is 353 g/mol. The highest BCUT2D eigenvalue weighted by atomic mass is 32.2. The third-order valence-electron chi connectivity index (χ3n) is 4.79. The van der Waals surface area contributed by atoms with E-state index in [2.05, 4.69) is 32.4 Å². The predicted molar refractivity (Wildman–Crippen MR) is 98.1 cm³/mol. The van der Waals surface area contributed by atoms with E-state index >= 15 is 0 Å². The summed E-state index contributed by atoms with van der Waals surface area (Å²) in [5, 5.41) is 0. The Morgan fingerprint density at radius 3 is 2.46 bits per heavy atom. The second-order valence-corrected chi connectivity index (χ2v) is 9.54. The van der Waals surface area contributed by atoms with Crippen LogP contribution in [0.15, 0.2) is 23.1 Å². The standard InChI is InChI=1S/C19H31NO3S/c1-6-23-18-12-11-15(13-16(18)19(3,4)5)24(21,22)20-17-10-8-7-9-14(17)2/h11-14,17,20H,6-10H2,1-5H3/t14-,17-/m1/s1. The van der Waals surface area contributed by atoms with Gasteiger partial charge in [0.05, 0.1) is 11.5 Å². The smallest absolute Gasteiger partial charge is 0.240 e. The van der Waals surface area contributed by atoms with Gasteiger partial charge < -0.3 is 4.74 Å². The van der Waals surface area contributed by atoms with Crippen LogP contribution >= 0.6 is 0 Å². The Hall–Kier alpha value is -1.07. The molecule has 0 bridgehead atoms. The van der Waals surface area contributed by atoms with Crippen LogP contribution in [0.4, 0.5) is 0 Å². The maximum atomic E-state index is 12.8. The summed E-state index contributed by atoms with van der Waals surface area (Å²) in [6.07, 6.45) is 4.29. The van der Waals surface area contributed by atoms with Crippen LogP contribution in [-0.2, 0) is 15.4 Å². The summed E-state index contributed by atoms with van der Waals surface area (Å²) in [7, 11) is -3.51. The summed E-state index contributed by atoms with van der Waals surface area (Å²) >= 11 is 0. The molecule has 1 aromatic carbocycles. The highest BCUT2D eigenvalue weighted by molar-refractivity contribution is 7.89. The van der Waals surface area contributed by atoms with Gasteiger partial charge >= 0.3 is 0 Å². The quantitative estimate of drug-likeness (QED) is 0.861. The van der Waals surface area contributed by atoms with E-state index in [-0.39, 0.29) is 11.5 Å². The highest BCUT2D eigenvalue weighted by Gasteiger charge is 2.28. The van der Waals surface area contributed by atoms with Crippen LogP contribution in [0.1, 0.15) is 65.9 Å². The van der Waals surface area contributed by atoms with E-state index in [4.69, 9.17) is 4.74 Å². The van der Waals surface area contributed by atoms with Crippen molar-refractivity contribution in [2.75, 3.05) is 6.61 Å². The van der Waals surface area contributed by atoms with Gasteiger partial charge in [-0.3, -0.25) is 0 Å². The number of sulfonamides is 1. The maximum absolute atomic E-state index is 12.8. The number of nitrogens with one attached hydrogen (secondary N) is 1. The van der Waals surface area contributed by atoms with Gasteiger partial charge in [0.25, 0.3) is 0 Å². The molecule has 0 spiro atoms. The van der Waals surface area contributed by atoms with Crippen LogP contribution in [0, 0.1) is 5.92 Å². The molecule has 0 heterocycles. The third-order valence-corrected chi connectivity index (χ3v) is 6.27. The molecule has 1 fully saturated rings. The highest BCUT2D eigenvalue weighted by Crippen LogP contribution is 2.34. The molecule has 0 unspecified atom stereocenters. The van der Waals surface area contributed by atoms with E-state index in [0.717, 1.165) is 30.6 Å². The first-order valence-corrected chi connectivity index (χ1v) is 10.4. The number of hydrogen-bond donors (Lipinski definition) is 1. The minimum atomic E-state index is -3.51. The zero-order valence-electron chi connectivity index (χ0n) is 15.6. The summed E-state index contributed by atoms with van der Waals surface area (Å²) in [6.45, 7) is 10.8. The first-order valence-electron chi connectivity index (χ1n) is 8.95. The van der Waals surface area contributed by atoms with Crippen LogP contribution in [-0.4, -0.2) is 21.1 Å². The van der Waals surface area contributed by atoms with Crippen molar-refractivity contribution in [2.24, 2.45) is 5.92 Å². The van der Waals surface area contributed by atoms with Crippen LogP contribution < -0.4 is 9.46 Å². The largest absolute Gasteiger partial charge is 0.494 e. The predicted octanol–water partition coefficient (Wildman–Crippen LogP) is 4.24. The number of hydrogen-bond acceptors (Lipinski definition) is 3. The fourth-order valence-corrected chi connectivity index (χ4v) is 4.71. The van der Waals surface area contributed by atoms with Gasteiger partial charge in [0.2, 0.25) is 10.0 Å². The summed E-state index contributed by atoms with van der Waals surface area (Å²) < 4.78 is 34.3. The van der Waals surface area contributed by atoms with Gasteiger partial charge in [-0.25, -0.2) is 13.1 Å². The first kappa shape index (κ1) is 19.3. The molecule has 0 aromatic heterocycles. The Morgan fingerprint density at radius 1 is 1.21 bits per heavy atom. The molecule has 2 rings (SSSR count). The van der Waals surface area contributed by atoms with Crippen molar-refractivity contribution in [3.8, 4) is 5.75 Å². The van der Waals surface area contributed by atoms with Gasteiger partial charge in [0, 0.05) is 11.6 Å². The summed E-state index contributed by atoms with van der Waals surface area (Å²) in [6, 6.07) is 5.23. The van der Waals surface area contributed by atoms with Gasteiger partial charge in [0.1, 0.15) is 5.75 Å². The Morgan fingerprint density at radius 2 is 1.88 bits per heavy atom. The molecule has 1 aromatic rings. The van der Waals surface area contributed by atoms with Crippen LogP contribution in [0.25, 0.3) is 0 Å². The van der Waals surface area contributed by atoms with Crippen LogP contribution in [0.2, 0.25) is 0 Å². The van der Waals surface area contributed by atoms with Crippen molar-refractivity contribution in [3.63, 3.8) is 0 Å². The number of ether oxygens (including phenoxy) is 1.